The molecule has 2 amide bonds. The Bertz CT molecular complexity index is 1170. The van der Waals surface area contributed by atoms with Crippen LogP contribution >= 0.6 is 11.6 Å². The van der Waals surface area contributed by atoms with E-state index in [9.17, 15) is 14.0 Å². The van der Waals surface area contributed by atoms with E-state index in [1.807, 2.05) is 48.7 Å². The number of methoxy groups -OCH3 is 1. The number of nitrogens with zero attached hydrogens (tertiary/aromatic N) is 3. The fraction of sp³-hybridized carbons (Fsp3) is 0.400. The van der Waals surface area contributed by atoms with Gasteiger partial charge in [-0.2, -0.15) is 0 Å². The number of rotatable bonds is 14. The van der Waals surface area contributed by atoms with Crippen LogP contribution in [0.2, 0.25) is 0 Å². The molecule has 3 rings (SSSR count). The van der Waals surface area contributed by atoms with Crippen LogP contribution in [0.1, 0.15) is 37.1 Å². The normalized spacial score (nSPS) is 11.4. The SMILES string of the molecule is COCCCN(CC(=O)N(Cc1ccccc1)Cc1cccn1Cc1ccc(F)cc1)C(=O)C(C)(C)CCl. The highest BCUT2D eigenvalue weighted by Gasteiger charge is 2.33. The van der Waals surface area contributed by atoms with E-state index in [-0.39, 0.29) is 30.1 Å². The lowest BCUT2D eigenvalue weighted by Crippen LogP contribution is -2.48. The minimum atomic E-state index is -0.789. The van der Waals surface area contributed by atoms with Crippen molar-refractivity contribution >= 4 is 23.4 Å². The molecule has 0 N–H and O–H groups in total. The number of hydrogen-bond donors (Lipinski definition) is 0. The summed E-state index contributed by atoms with van der Waals surface area (Å²) in [6.45, 7) is 5.75. The molecule has 0 fully saturated rings. The van der Waals surface area contributed by atoms with Crippen molar-refractivity contribution in [3.8, 4) is 0 Å². The summed E-state index contributed by atoms with van der Waals surface area (Å²) in [6.07, 6.45) is 2.57. The fourth-order valence-electron chi connectivity index (χ4n) is 4.17. The van der Waals surface area contributed by atoms with Crippen LogP contribution in [-0.2, 0) is 34.0 Å². The van der Waals surface area contributed by atoms with Gasteiger partial charge >= 0.3 is 0 Å². The van der Waals surface area contributed by atoms with Gasteiger partial charge in [0.1, 0.15) is 5.82 Å². The molecule has 0 aliphatic carbocycles. The first-order chi connectivity index (χ1) is 18.2. The van der Waals surface area contributed by atoms with Gasteiger partial charge in [-0.15, -0.1) is 11.6 Å². The zero-order valence-electron chi connectivity index (χ0n) is 22.4. The molecular weight excluding hydrogens is 505 g/mol. The Hall–Kier alpha value is -3.16. The lowest BCUT2D eigenvalue weighted by atomic mass is 9.94. The van der Waals surface area contributed by atoms with Gasteiger partial charge in [-0.3, -0.25) is 9.59 Å². The third-order valence-corrected chi connectivity index (χ3v) is 7.08. The van der Waals surface area contributed by atoms with Gasteiger partial charge in [0.25, 0.3) is 0 Å². The molecule has 8 heteroatoms. The second-order valence-electron chi connectivity index (χ2n) is 10.1. The molecule has 0 radical (unpaired) electrons. The van der Waals surface area contributed by atoms with Gasteiger partial charge in [-0.1, -0.05) is 42.5 Å². The lowest BCUT2D eigenvalue weighted by molar-refractivity contribution is -0.146. The molecular formula is C30H37ClFN3O3. The maximum atomic E-state index is 13.8. The molecule has 0 aliphatic heterocycles. The molecule has 0 aliphatic rings. The third kappa shape index (κ3) is 8.43. The number of carbonyl (C=O) groups excluding carboxylic acids is 2. The molecule has 0 unspecified atom stereocenters. The Kier molecular flexibility index (Phi) is 10.9. The van der Waals surface area contributed by atoms with Gasteiger partial charge in [0, 0.05) is 51.1 Å². The first kappa shape index (κ1) is 29.4. The monoisotopic (exact) mass is 541 g/mol. The largest absolute Gasteiger partial charge is 0.385 e. The summed E-state index contributed by atoms with van der Waals surface area (Å²) in [6, 6.07) is 20.1. The number of carbonyl (C=O) groups is 2. The zero-order chi connectivity index (χ0) is 27.5. The van der Waals surface area contributed by atoms with E-state index >= 15 is 0 Å². The first-order valence-corrected chi connectivity index (χ1v) is 13.3. The Morgan fingerprint density at radius 3 is 2.32 bits per heavy atom. The van der Waals surface area contributed by atoms with Crippen LogP contribution in [0.15, 0.2) is 72.9 Å². The molecule has 6 nitrogen and oxygen atoms in total. The maximum Gasteiger partial charge on any atom is 0.242 e. The second-order valence-corrected chi connectivity index (χ2v) is 10.3. The van der Waals surface area contributed by atoms with Crippen molar-refractivity contribution in [1.82, 2.24) is 14.4 Å². The van der Waals surface area contributed by atoms with E-state index in [2.05, 4.69) is 4.57 Å². The smallest absolute Gasteiger partial charge is 0.242 e. The molecule has 0 saturated heterocycles. The molecule has 3 aromatic rings. The predicted molar refractivity (Wildman–Crippen MR) is 148 cm³/mol. The van der Waals surface area contributed by atoms with Gasteiger partial charge < -0.3 is 19.1 Å². The van der Waals surface area contributed by atoms with Crippen LogP contribution in [0.25, 0.3) is 0 Å². The summed E-state index contributed by atoms with van der Waals surface area (Å²) in [4.78, 5) is 30.4. The molecule has 0 bridgehead atoms. The Labute approximate surface area is 229 Å². The number of aromatic nitrogens is 1. The fourth-order valence-corrected chi connectivity index (χ4v) is 4.28. The van der Waals surface area contributed by atoms with Crippen molar-refractivity contribution in [1.29, 1.82) is 0 Å². The van der Waals surface area contributed by atoms with Crippen molar-refractivity contribution in [2.75, 3.05) is 32.7 Å². The van der Waals surface area contributed by atoms with Gasteiger partial charge in [-0.25, -0.2) is 4.39 Å². The predicted octanol–water partition coefficient (Wildman–Crippen LogP) is 5.33. The molecule has 0 spiro atoms. The molecule has 2 aromatic carbocycles. The number of alkyl halides is 1. The van der Waals surface area contributed by atoms with Crippen molar-refractivity contribution in [3.05, 3.63) is 95.6 Å². The zero-order valence-corrected chi connectivity index (χ0v) is 23.2. The number of benzene rings is 2. The summed E-state index contributed by atoms with van der Waals surface area (Å²) in [5.74, 6) is -0.426. The van der Waals surface area contributed by atoms with Crippen LogP contribution < -0.4 is 0 Å². The average Bonchev–Trinajstić information content (AvgIpc) is 3.35. The quantitative estimate of drug-likeness (QED) is 0.205. The Balaban J connectivity index is 1.83. The van der Waals surface area contributed by atoms with Gasteiger partial charge in [-0.05, 0) is 55.7 Å². The van der Waals surface area contributed by atoms with Gasteiger partial charge in [0.2, 0.25) is 11.8 Å². The number of hydrogen-bond acceptors (Lipinski definition) is 3. The molecule has 0 saturated carbocycles. The summed E-state index contributed by atoms with van der Waals surface area (Å²) >= 11 is 6.10. The van der Waals surface area contributed by atoms with Crippen LogP contribution in [0, 0.1) is 11.2 Å². The number of amides is 2. The van der Waals surface area contributed by atoms with Gasteiger partial charge in [0.05, 0.1) is 18.5 Å². The van der Waals surface area contributed by atoms with Crippen LogP contribution in [-0.4, -0.2) is 58.9 Å². The Morgan fingerprint density at radius 2 is 1.66 bits per heavy atom. The van der Waals surface area contributed by atoms with Crippen molar-refractivity contribution in [2.45, 2.75) is 39.9 Å². The van der Waals surface area contributed by atoms with E-state index in [1.165, 1.54) is 12.1 Å². The van der Waals surface area contributed by atoms with E-state index in [0.29, 0.717) is 39.2 Å². The highest BCUT2D eigenvalue weighted by atomic mass is 35.5. The van der Waals surface area contributed by atoms with Crippen molar-refractivity contribution in [2.24, 2.45) is 5.41 Å². The van der Waals surface area contributed by atoms with Crippen molar-refractivity contribution < 1.29 is 18.7 Å². The first-order valence-electron chi connectivity index (χ1n) is 12.8. The minimum Gasteiger partial charge on any atom is -0.385 e. The number of halogens is 2. The molecule has 1 heterocycles. The second kappa shape index (κ2) is 14.1. The minimum absolute atomic E-state index is 0.0473. The summed E-state index contributed by atoms with van der Waals surface area (Å²) in [7, 11) is 1.61. The van der Waals surface area contributed by atoms with E-state index in [1.54, 1.807) is 42.9 Å². The Morgan fingerprint density at radius 1 is 0.947 bits per heavy atom. The highest BCUT2D eigenvalue weighted by molar-refractivity contribution is 6.19. The van der Waals surface area contributed by atoms with Crippen LogP contribution in [0.3, 0.4) is 0 Å². The summed E-state index contributed by atoms with van der Waals surface area (Å²) in [5, 5.41) is 0. The maximum absolute atomic E-state index is 13.8. The average molecular weight is 542 g/mol. The molecule has 204 valence electrons. The third-order valence-electron chi connectivity index (χ3n) is 6.41. The topological polar surface area (TPSA) is 54.8 Å². The highest BCUT2D eigenvalue weighted by Crippen LogP contribution is 2.22. The van der Waals surface area contributed by atoms with E-state index < -0.39 is 5.41 Å². The molecule has 1 aromatic heterocycles. The van der Waals surface area contributed by atoms with Crippen molar-refractivity contribution in [3.63, 3.8) is 0 Å². The summed E-state index contributed by atoms with van der Waals surface area (Å²) < 4.78 is 20.6. The van der Waals surface area contributed by atoms with Crippen LogP contribution in [0.5, 0.6) is 0 Å². The van der Waals surface area contributed by atoms with E-state index in [0.717, 1.165) is 16.8 Å². The van der Waals surface area contributed by atoms with Crippen LogP contribution in [0.4, 0.5) is 4.39 Å². The molecule has 38 heavy (non-hydrogen) atoms. The lowest BCUT2D eigenvalue weighted by Gasteiger charge is -2.32. The number of ether oxygens (including phenoxy) is 1. The standard InChI is InChI=1S/C30H37ClFN3O3/c1-30(2,23-31)29(37)34(17-8-18-38-3)22-28(36)35(20-24-9-5-4-6-10-24)21-27-11-7-16-33(27)19-25-12-14-26(32)15-13-25/h4-7,9-16H,8,17-23H2,1-3H3. The van der Waals surface area contributed by atoms with E-state index in [4.69, 9.17) is 16.3 Å². The molecule has 0 atom stereocenters. The van der Waals surface area contributed by atoms with Gasteiger partial charge in [0.15, 0.2) is 0 Å². The summed E-state index contributed by atoms with van der Waals surface area (Å²) in [5.41, 5.74) is 2.11.